The number of rotatable bonds is 0. The summed E-state index contributed by atoms with van der Waals surface area (Å²) in [5.41, 5.74) is -0.454. The van der Waals surface area contributed by atoms with E-state index in [2.05, 4.69) is 4.98 Å². The average Bonchev–Trinajstić information content (AvgIpc) is 2.47. The molecule has 0 saturated heterocycles. The summed E-state index contributed by atoms with van der Waals surface area (Å²) in [7, 11) is 0. The van der Waals surface area contributed by atoms with E-state index in [9.17, 15) is 13.2 Å². The first-order valence-corrected chi connectivity index (χ1v) is 5.24. The third-order valence-corrected chi connectivity index (χ3v) is 2.92. The Morgan fingerprint density at radius 1 is 1.40 bits per heavy atom. The van der Waals surface area contributed by atoms with E-state index in [-0.39, 0.29) is 5.02 Å². The van der Waals surface area contributed by atoms with Crippen molar-refractivity contribution in [3.05, 3.63) is 32.7 Å². The van der Waals surface area contributed by atoms with Crippen molar-refractivity contribution < 1.29 is 13.2 Å². The first-order valence-electron chi connectivity index (χ1n) is 3.79. The van der Waals surface area contributed by atoms with Crippen molar-refractivity contribution in [3.63, 3.8) is 0 Å². The molecule has 7 heteroatoms. The van der Waals surface area contributed by atoms with E-state index < -0.39 is 11.7 Å². The molecular weight excluding hydrogens is 343 g/mol. The molecule has 0 radical (unpaired) electrons. The Labute approximate surface area is 101 Å². The van der Waals surface area contributed by atoms with Gasteiger partial charge < -0.3 is 0 Å². The van der Waals surface area contributed by atoms with Crippen LogP contribution in [0.1, 0.15) is 5.56 Å². The molecule has 2 nitrogen and oxygen atoms in total. The minimum absolute atomic E-state index is 0.00672. The lowest BCUT2D eigenvalue weighted by atomic mass is 10.3. The summed E-state index contributed by atoms with van der Waals surface area (Å²) >= 11 is 7.58. The number of pyridine rings is 1. The fourth-order valence-electron chi connectivity index (χ4n) is 1.17. The van der Waals surface area contributed by atoms with E-state index in [0.29, 0.717) is 9.35 Å². The van der Waals surface area contributed by atoms with Gasteiger partial charge >= 0.3 is 6.18 Å². The SMILES string of the molecule is FC(F)(F)c1cc(Cl)c2ncc(I)n2c1. The Kier molecular flexibility index (Phi) is 2.58. The van der Waals surface area contributed by atoms with Crippen LogP contribution in [0, 0.1) is 3.70 Å². The van der Waals surface area contributed by atoms with Crippen molar-refractivity contribution in [1.82, 2.24) is 9.38 Å². The molecular formula is C8H3ClF3IN2. The quantitative estimate of drug-likeness (QED) is 0.666. The number of alkyl halides is 3. The molecule has 2 rings (SSSR count). The van der Waals surface area contributed by atoms with Crippen LogP contribution < -0.4 is 0 Å². The molecule has 2 heterocycles. The first-order chi connectivity index (χ1) is 6.89. The van der Waals surface area contributed by atoms with Gasteiger partial charge in [0.2, 0.25) is 0 Å². The van der Waals surface area contributed by atoms with E-state index in [4.69, 9.17) is 11.6 Å². The summed E-state index contributed by atoms with van der Waals surface area (Å²) in [6.45, 7) is 0. The molecule has 0 aromatic carbocycles. The van der Waals surface area contributed by atoms with Crippen LogP contribution in [0.2, 0.25) is 5.02 Å². The minimum atomic E-state index is -4.40. The van der Waals surface area contributed by atoms with Crippen LogP contribution in [-0.4, -0.2) is 9.38 Å². The third-order valence-electron chi connectivity index (χ3n) is 1.84. The Morgan fingerprint density at radius 3 is 2.67 bits per heavy atom. The number of imidazole rings is 1. The Hall–Kier alpha value is -0.500. The molecule has 2 aromatic heterocycles. The van der Waals surface area contributed by atoms with Crippen LogP contribution in [-0.2, 0) is 6.18 Å². The topological polar surface area (TPSA) is 17.3 Å². The highest BCUT2D eigenvalue weighted by Gasteiger charge is 2.31. The number of nitrogens with zero attached hydrogens (tertiary/aromatic N) is 2. The van der Waals surface area contributed by atoms with Crippen LogP contribution in [0.4, 0.5) is 13.2 Å². The molecule has 0 amide bonds. The summed E-state index contributed by atoms with van der Waals surface area (Å²) in [5, 5.41) is -0.00672. The number of aromatic nitrogens is 2. The van der Waals surface area contributed by atoms with Gasteiger partial charge in [0.05, 0.1) is 16.8 Å². The second kappa shape index (κ2) is 3.51. The van der Waals surface area contributed by atoms with Crippen molar-refractivity contribution in [2.45, 2.75) is 6.18 Å². The predicted octanol–water partition coefficient (Wildman–Crippen LogP) is 3.61. The molecule has 0 saturated carbocycles. The largest absolute Gasteiger partial charge is 0.417 e. The number of fused-ring (bicyclic) bond motifs is 1. The van der Waals surface area contributed by atoms with E-state index in [0.717, 1.165) is 12.3 Å². The van der Waals surface area contributed by atoms with Gasteiger partial charge in [-0.05, 0) is 28.7 Å². The fraction of sp³-hybridized carbons (Fsp3) is 0.125. The fourth-order valence-corrected chi connectivity index (χ4v) is 1.94. The second-order valence-corrected chi connectivity index (χ2v) is 4.36. The zero-order valence-corrected chi connectivity index (χ0v) is 9.93. The van der Waals surface area contributed by atoms with Crippen molar-refractivity contribution in [3.8, 4) is 0 Å². The van der Waals surface area contributed by atoms with E-state index >= 15 is 0 Å². The molecule has 0 aliphatic heterocycles. The molecule has 0 atom stereocenters. The predicted molar refractivity (Wildman–Crippen MR) is 57.9 cm³/mol. The van der Waals surface area contributed by atoms with Crippen LogP contribution in [0.15, 0.2) is 18.5 Å². The monoisotopic (exact) mass is 346 g/mol. The van der Waals surface area contributed by atoms with Crippen molar-refractivity contribution in [1.29, 1.82) is 0 Å². The molecule has 15 heavy (non-hydrogen) atoms. The van der Waals surface area contributed by atoms with Crippen LogP contribution >= 0.6 is 34.2 Å². The summed E-state index contributed by atoms with van der Waals surface area (Å²) in [6, 6.07) is 0.875. The summed E-state index contributed by atoms with van der Waals surface area (Å²) < 4.78 is 39.2. The zero-order valence-electron chi connectivity index (χ0n) is 7.02. The molecule has 0 spiro atoms. The van der Waals surface area contributed by atoms with Gasteiger partial charge in [-0.2, -0.15) is 13.2 Å². The Morgan fingerprint density at radius 2 is 2.07 bits per heavy atom. The summed E-state index contributed by atoms with van der Waals surface area (Å²) in [4.78, 5) is 3.90. The van der Waals surface area contributed by atoms with Gasteiger partial charge in [-0.25, -0.2) is 4.98 Å². The highest BCUT2D eigenvalue weighted by atomic mass is 127. The molecule has 0 fully saturated rings. The highest BCUT2D eigenvalue weighted by molar-refractivity contribution is 14.1. The summed E-state index contributed by atoms with van der Waals surface area (Å²) in [5.74, 6) is 0. The molecule has 2 aromatic rings. The van der Waals surface area contributed by atoms with Crippen molar-refractivity contribution in [2.24, 2.45) is 0 Å². The standard InChI is InChI=1S/C8H3ClF3IN2/c9-5-1-4(8(10,11)12)3-15-6(13)2-14-7(5)15/h1-3H. The zero-order chi connectivity index (χ0) is 11.2. The van der Waals surface area contributed by atoms with E-state index in [1.54, 1.807) is 0 Å². The second-order valence-electron chi connectivity index (χ2n) is 2.85. The lowest BCUT2D eigenvalue weighted by Gasteiger charge is -2.08. The lowest BCUT2D eigenvalue weighted by Crippen LogP contribution is -2.07. The molecule has 0 aliphatic rings. The minimum Gasteiger partial charge on any atom is -0.293 e. The maximum atomic E-state index is 12.4. The molecule has 0 aliphatic carbocycles. The third kappa shape index (κ3) is 1.92. The first kappa shape index (κ1) is 11.0. The maximum absolute atomic E-state index is 12.4. The van der Waals surface area contributed by atoms with Gasteiger partial charge in [-0.1, -0.05) is 11.6 Å². The number of halogens is 5. The lowest BCUT2D eigenvalue weighted by molar-refractivity contribution is -0.137. The van der Waals surface area contributed by atoms with Crippen LogP contribution in [0.5, 0.6) is 0 Å². The smallest absolute Gasteiger partial charge is 0.293 e. The van der Waals surface area contributed by atoms with Crippen molar-refractivity contribution >= 4 is 39.8 Å². The van der Waals surface area contributed by atoms with Crippen molar-refractivity contribution in [2.75, 3.05) is 0 Å². The van der Waals surface area contributed by atoms with Gasteiger partial charge in [-0.15, -0.1) is 0 Å². The molecule has 0 bridgehead atoms. The summed E-state index contributed by atoms with van der Waals surface area (Å²) in [6.07, 6.45) is -1.96. The highest BCUT2D eigenvalue weighted by Crippen LogP contribution is 2.32. The number of hydrogen-bond acceptors (Lipinski definition) is 1. The molecule has 80 valence electrons. The van der Waals surface area contributed by atoms with Crippen LogP contribution in [0.3, 0.4) is 0 Å². The average molecular weight is 346 g/mol. The van der Waals surface area contributed by atoms with Gasteiger partial charge in [-0.3, -0.25) is 4.40 Å². The van der Waals surface area contributed by atoms with E-state index in [1.165, 1.54) is 10.6 Å². The van der Waals surface area contributed by atoms with Gasteiger partial charge in [0.1, 0.15) is 3.70 Å². The van der Waals surface area contributed by atoms with Crippen LogP contribution in [0.25, 0.3) is 5.65 Å². The van der Waals surface area contributed by atoms with Gasteiger partial charge in [0.15, 0.2) is 5.65 Å². The maximum Gasteiger partial charge on any atom is 0.417 e. The molecule has 0 N–H and O–H groups in total. The van der Waals surface area contributed by atoms with Gasteiger partial charge in [0, 0.05) is 6.20 Å². The normalized spacial score (nSPS) is 12.3. The Balaban J connectivity index is 2.76. The van der Waals surface area contributed by atoms with Gasteiger partial charge in [0.25, 0.3) is 0 Å². The Bertz CT molecular complexity index is 520. The van der Waals surface area contributed by atoms with E-state index in [1.807, 2.05) is 22.6 Å². The molecule has 0 unspecified atom stereocenters. The number of hydrogen-bond donors (Lipinski definition) is 0.